The molecular weight excluding hydrogens is 428 g/mol. The number of amides is 3. The van der Waals surface area contributed by atoms with Crippen LogP contribution in [0.2, 0.25) is 0 Å². The molecule has 3 heterocycles. The molecule has 2 aromatic heterocycles. The van der Waals surface area contributed by atoms with Crippen LogP contribution < -0.4 is 4.90 Å². The van der Waals surface area contributed by atoms with Crippen molar-refractivity contribution in [3.63, 3.8) is 0 Å². The van der Waals surface area contributed by atoms with Crippen LogP contribution >= 0.6 is 0 Å². The van der Waals surface area contributed by atoms with Gasteiger partial charge < -0.3 is 9.88 Å². The lowest BCUT2D eigenvalue weighted by molar-refractivity contribution is -0.126. The number of rotatable bonds is 5. The van der Waals surface area contributed by atoms with Crippen molar-refractivity contribution < 1.29 is 14.4 Å². The quantitative estimate of drug-likeness (QED) is 0.356. The fourth-order valence-electron chi connectivity index (χ4n) is 4.03. The zero-order valence-electron chi connectivity index (χ0n) is 18.7. The Morgan fingerprint density at radius 2 is 1.68 bits per heavy atom. The molecule has 168 valence electrons. The predicted octanol–water partition coefficient (Wildman–Crippen LogP) is 4.60. The molecule has 0 radical (unpaired) electrons. The van der Waals surface area contributed by atoms with Gasteiger partial charge in [-0.2, -0.15) is 0 Å². The fourth-order valence-corrected chi connectivity index (χ4v) is 4.03. The maximum atomic E-state index is 12.7. The molecule has 0 fully saturated rings. The number of nitrogens with one attached hydrogen (secondary N) is 1. The van der Waals surface area contributed by atoms with Crippen molar-refractivity contribution in [1.29, 1.82) is 0 Å². The van der Waals surface area contributed by atoms with Crippen LogP contribution in [0.25, 0.3) is 17.0 Å². The van der Waals surface area contributed by atoms with Gasteiger partial charge in [0.25, 0.3) is 11.8 Å². The summed E-state index contributed by atoms with van der Waals surface area (Å²) in [5.74, 6) is -0.687. The van der Waals surface area contributed by atoms with Gasteiger partial charge in [0.05, 0.1) is 17.2 Å². The Bertz CT molecular complexity index is 1380. The maximum absolute atomic E-state index is 12.7. The first-order valence-electron chi connectivity index (χ1n) is 10.9. The highest BCUT2D eigenvalue weighted by Crippen LogP contribution is 2.27. The zero-order chi connectivity index (χ0) is 23.8. The highest BCUT2D eigenvalue weighted by molar-refractivity contribution is 6.34. The molecule has 3 amide bonds. The normalized spacial score (nSPS) is 14.1. The van der Waals surface area contributed by atoms with Crippen LogP contribution in [-0.4, -0.2) is 39.6 Å². The Labute approximate surface area is 196 Å². The number of H-pyrrole nitrogens is 1. The van der Waals surface area contributed by atoms with Crippen LogP contribution in [-0.2, 0) is 4.79 Å². The lowest BCUT2D eigenvalue weighted by Gasteiger charge is -2.22. The van der Waals surface area contributed by atoms with Gasteiger partial charge in [-0.05, 0) is 60.3 Å². The molecule has 1 aliphatic rings. The van der Waals surface area contributed by atoms with E-state index in [4.69, 9.17) is 0 Å². The molecule has 34 heavy (non-hydrogen) atoms. The first-order chi connectivity index (χ1) is 16.4. The van der Waals surface area contributed by atoms with Crippen molar-refractivity contribution in [3.8, 4) is 0 Å². The average molecular weight is 450 g/mol. The number of hydrogen-bond donors (Lipinski definition) is 1. The van der Waals surface area contributed by atoms with Crippen LogP contribution in [0.1, 0.15) is 44.9 Å². The van der Waals surface area contributed by atoms with E-state index in [-0.39, 0.29) is 29.6 Å². The average Bonchev–Trinajstić information content (AvgIpc) is 3.41. The van der Waals surface area contributed by atoms with E-state index in [2.05, 4.69) is 16.0 Å². The zero-order valence-corrected chi connectivity index (χ0v) is 18.7. The van der Waals surface area contributed by atoms with Crippen molar-refractivity contribution in [2.75, 3.05) is 11.9 Å². The summed E-state index contributed by atoms with van der Waals surface area (Å²) in [6.07, 6.45) is 4.68. The van der Waals surface area contributed by atoms with Gasteiger partial charge in [0.1, 0.15) is 5.82 Å². The van der Waals surface area contributed by atoms with Crippen LogP contribution in [0.15, 0.2) is 79.0 Å². The number of aromatic nitrogens is 2. The molecule has 0 bridgehead atoms. The molecule has 1 unspecified atom stereocenters. The topological polar surface area (TPSA) is 86.4 Å². The van der Waals surface area contributed by atoms with E-state index < -0.39 is 0 Å². The second-order valence-corrected chi connectivity index (χ2v) is 8.21. The van der Waals surface area contributed by atoms with Gasteiger partial charge in [0.2, 0.25) is 5.91 Å². The SMILES string of the molecule is CC(c1cc2ccccc2[nH]1)N(C)C(=O)/C=C/c1ccc(N2C(=O)c3ccccc3C2=O)nc1. The fraction of sp³-hybridized carbons (Fsp3) is 0.111. The minimum absolute atomic E-state index is 0.140. The summed E-state index contributed by atoms with van der Waals surface area (Å²) < 4.78 is 0. The summed E-state index contributed by atoms with van der Waals surface area (Å²) >= 11 is 0. The number of aromatic amines is 1. The molecule has 1 N–H and O–H groups in total. The van der Waals surface area contributed by atoms with Crippen molar-refractivity contribution in [2.45, 2.75) is 13.0 Å². The minimum atomic E-state index is -0.390. The molecule has 0 saturated carbocycles. The largest absolute Gasteiger partial charge is 0.357 e. The number of carbonyl (C=O) groups is 3. The smallest absolute Gasteiger partial charge is 0.267 e. The Hall–Kier alpha value is -4.52. The van der Waals surface area contributed by atoms with E-state index in [1.807, 2.05) is 31.2 Å². The van der Waals surface area contributed by atoms with Gasteiger partial charge in [-0.15, -0.1) is 0 Å². The molecular formula is C27H22N4O3. The molecule has 4 aromatic rings. The Balaban J connectivity index is 1.28. The van der Waals surface area contributed by atoms with Gasteiger partial charge in [0.15, 0.2) is 0 Å². The molecule has 1 atom stereocenters. The molecule has 0 aliphatic carbocycles. The van der Waals surface area contributed by atoms with Crippen LogP contribution in [0.3, 0.4) is 0 Å². The standard InChI is InChI=1S/C27H22N4O3/c1-17(23-15-19-7-3-6-10-22(19)29-23)30(2)25(32)14-12-18-11-13-24(28-16-18)31-26(33)20-8-4-5-9-21(20)27(31)34/h3-17,29H,1-2H3/b14-12+. The summed E-state index contributed by atoms with van der Waals surface area (Å²) in [6, 6.07) is 19.9. The Morgan fingerprint density at radius 1 is 1.00 bits per heavy atom. The molecule has 7 nitrogen and oxygen atoms in total. The van der Waals surface area contributed by atoms with E-state index in [0.717, 1.165) is 21.5 Å². The lowest BCUT2D eigenvalue weighted by Crippen LogP contribution is -2.30. The van der Waals surface area contributed by atoms with E-state index in [0.29, 0.717) is 16.7 Å². The van der Waals surface area contributed by atoms with E-state index >= 15 is 0 Å². The highest BCUT2D eigenvalue weighted by atomic mass is 16.2. The van der Waals surface area contributed by atoms with Gasteiger partial charge in [-0.1, -0.05) is 30.3 Å². The number of anilines is 1. The summed E-state index contributed by atoms with van der Waals surface area (Å²) in [5.41, 5.74) is 3.41. The van der Waals surface area contributed by atoms with Crippen molar-refractivity contribution in [1.82, 2.24) is 14.9 Å². The number of fused-ring (bicyclic) bond motifs is 2. The third-order valence-corrected chi connectivity index (χ3v) is 6.14. The van der Waals surface area contributed by atoms with E-state index in [9.17, 15) is 14.4 Å². The number of likely N-dealkylation sites (N-methyl/N-ethyl adjacent to an activating group) is 1. The second kappa shape index (κ2) is 8.44. The first-order valence-corrected chi connectivity index (χ1v) is 10.9. The van der Waals surface area contributed by atoms with Crippen LogP contribution in [0, 0.1) is 0 Å². The third kappa shape index (κ3) is 3.67. The summed E-state index contributed by atoms with van der Waals surface area (Å²) in [4.78, 5) is 48.3. The highest BCUT2D eigenvalue weighted by Gasteiger charge is 2.36. The maximum Gasteiger partial charge on any atom is 0.267 e. The third-order valence-electron chi connectivity index (χ3n) is 6.14. The number of benzene rings is 2. The molecule has 7 heteroatoms. The first kappa shape index (κ1) is 21.3. The minimum Gasteiger partial charge on any atom is -0.357 e. The van der Waals surface area contributed by atoms with Gasteiger partial charge in [-0.3, -0.25) is 14.4 Å². The molecule has 0 spiro atoms. The number of imide groups is 1. The molecule has 1 aliphatic heterocycles. The van der Waals surface area contributed by atoms with E-state index in [1.54, 1.807) is 54.4 Å². The van der Waals surface area contributed by atoms with Crippen LogP contribution in [0.5, 0.6) is 0 Å². The van der Waals surface area contributed by atoms with Crippen molar-refractivity contribution in [3.05, 3.63) is 101 Å². The molecule has 5 rings (SSSR count). The monoisotopic (exact) mass is 450 g/mol. The molecule has 2 aromatic carbocycles. The van der Waals surface area contributed by atoms with Crippen molar-refractivity contribution >= 4 is 40.5 Å². The predicted molar refractivity (Wildman–Crippen MR) is 130 cm³/mol. The van der Waals surface area contributed by atoms with Crippen LogP contribution in [0.4, 0.5) is 5.82 Å². The van der Waals surface area contributed by atoms with E-state index in [1.165, 1.54) is 12.3 Å². The number of carbonyl (C=O) groups excluding carboxylic acids is 3. The number of para-hydroxylation sites is 1. The second-order valence-electron chi connectivity index (χ2n) is 8.21. The Morgan fingerprint density at radius 3 is 2.32 bits per heavy atom. The van der Waals surface area contributed by atoms with Gasteiger partial charge >= 0.3 is 0 Å². The van der Waals surface area contributed by atoms with Gasteiger partial charge in [-0.25, -0.2) is 9.88 Å². The summed E-state index contributed by atoms with van der Waals surface area (Å²) in [6.45, 7) is 1.97. The molecule has 0 saturated heterocycles. The summed E-state index contributed by atoms with van der Waals surface area (Å²) in [5, 5.41) is 1.10. The van der Waals surface area contributed by atoms with Gasteiger partial charge in [0, 0.05) is 30.5 Å². The lowest BCUT2D eigenvalue weighted by atomic mass is 10.1. The number of hydrogen-bond acceptors (Lipinski definition) is 4. The van der Waals surface area contributed by atoms with Crippen molar-refractivity contribution in [2.24, 2.45) is 0 Å². The Kier molecular flexibility index (Phi) is 5.30. The number of nitrogens with zero attached hydrogens (tertiary/aromatic N) is 3. The number of pyridine rings is 1. The summed E-state index contributed by atoms with van der Waals surface area (Å²) in [7, 11) is 1.76.